The first-order valence-electron chi connectivity index (χ1n) is 11.0. The monoisotopic (exact) mass is 507 g/mol. The van der Waals surface area contributed by atoms with E-state index in [2.05, 4.69) is 10.3 Å². The Morgan fingerprint density at radius 1 is 1.11 bits per heavy atom. The smallest absolute Gasteiger partial charge is 0.324 e. The number of amides is 5. The average Bonchev–Trinajstić information content (AvgIpc) is 3.37. The van der Waals surface area contributed by atoms with Gasteiger partial charge in [-0.05, 0) is 80.4 Å². The highest BCUT2D eigenvalue weighted by atomic mass is 32.2. The van der Waals surface area contributed by atoms with Crippen molar-refractivity contribution in [3.8, 4) is 0 Å². The maximum atomic E-state index is 13.2. The fraction of sp³-hybridized carbons (Fsp3) is 0.391. The number of hydrogen-bond acceptors (Lipinski definition) is 5. The van der Waals surface area contributed by atoms with Crippen molar-refractivity contribution in [1.29, 1.82) is 0 Å². The average molecular weight is 508 g/mol. The Labute approximate surface area is 204 Å². The molecule has 2 fully saturated rings. The highest BCUT2D eigenvalue weighted by Gasteiger charge is 2.51. The number of imide groups is 1. The Kier molecular flexibility index (Phi) is 6.67. The van der Waals surface area contributed by atoms with Crippen molar-refractivity contribution in [2.45, 2.75) is 49.2 Å². The van der Waals surface area contributed by atoms with E-state index in [1.807, 2.05) is 0 Å². The first-order chi connectivity index (χ1) is 16.5. The van der Waals surface area contributed by atoms with Gasteiger partial charge >= 0.3 is 17.6 Å². The molecular weight excluding hydrogens is 483 g/mol. The lowest BCUT2D eigenvalue weighted by atomic mass is 10.0. The van der Waals surface area contributed by atoms with E-state index in [0.717, 1.165) is 17.7 Å². The Morgan fingerprint density at radius 2 is 1.77 bits per heavy atom. The first-order valence-corrected chi connectivity index (χ1v) is 11.8. The maximum absolute atomic E-state index is 13.2. The molecule has 2 aliphatic heterocycles. The van der Waals surface area contributed by atoms with Crippen LogP contribution < -0.4 is 10.2 Å². The van der Waals surface area contributed by atoms with E-state index < -0.39 is 23.0 Å². The molecule has 1 N–H and O–H groups in total. The van der Waals surface area contributed by atoms with Crippen molar-refractivity contribution in [1.82, 2.24) is 14.8 Å². The number of benzene rings is 1. The molecule has 4 rings (SSSR count). The van der Waals surface area contributed by atoms with Gasteiger partial charge in [-0.1, -0.05) is 0 Å². The summed E-state index contributed by atoms with van der Waals surface area (Å²) in [6.45, 7) is 4.67. The number of anilines is 2. The van der Waals surface area contributed by atoms with Gasteiger partial charge in [-0.15, -0.1) is 0 Å². The number of pyridine rings is 1. The van der Waals surface area contributed by atoms with Crippen LogP contribution in [0.1, 0.15) is 32.3 Å². The lowest BCUT2D eigenvalue weighted by molar-refractivity contribution is -0.123. The van der Waals surface area contributed by atoms with Crippen LogP contribution in [0.5, 0.6) is 0 Å². The van der Waals surface area contributed by atoms with Crippen LogP contribution in [0.15, 0.2) is 47.5 Å². The first kappa shape index (κ1) is 24.8. The van der Waals surface area contributed by atoms with Crippen LogP contribution in [0.25, 0.3) is 0 Å². The van der Waals surface area contributed by atoms with E-state index in [9.17, 15) is 27.6 Å². The number of aromatic nitrogens is 1. The number of likely N-dealkylation sites (tertiary alicyclic amines) is 1. The zero-order valence-electron chi connectivity index (χ0n) is 19.1. The highest BCUT2D eigenvalue weighted by Crippen LogP contribution is 2.39. The van der Waals surface area contributed by atoms with Crippen LogP contribution in [-0.4, -0.2) is 56.9 Å². The number of thioether (sulfide) groups is 1. The molecule has 1 aromatic heterocycles. The van der Waals surface area contributed by atoms with Crippen LogP contribution in [0, 0.1) is 0 Å². The minimum Gasteiger partial charge on any atom is -0.324 e. The predicted octanol–water partition coefficient (Wildman–Crippen LogP) is 5.07. The fourth-order valence-electron chi connectivity index (χ4n) is 4.06. The summed E-state index contributed by atoms with van der Waals surface area (Å²) in [6.07, 6.45) is 3.43. The van der Waals surface area contributed by atoms with Crippen molar-refractivity contribution < 1.29 is 27.6 Å². The Balaban J connectivity index is 1.50. The molecule has 1 aromatic carbocycles. The van der Waals surface area contributed by atoms with Gasteiger partial charge in [0.15, 0.2) is 0 Å². The van der Waals surface area contributed by atoms with E-state index in [0.29, 0.717) is 24.5 Å². The number of carbonyl (C=O) groups excluding carboxylic acids is 3. The zero-order valence-corrected chi connectivity index (χ0v) is 19.9. The van der Waals surface area contributed by atoms with Gasteiger partial charge in [0.1, 0.15) is 11.4 Å². The molecule has 35 heavy (non-hydrogen) atoms. The van der Waals surface area contributed by atoms with E-state index in [1.165, 1.54) is 35.4 Å². The number of urea groups is 2. The number of nitrogens with one attached hydrogen (secondary N) is 1. The quantitative estimate of drug-likeness (QED) is 0.451. The molecule has 0 saturated carbocycles. The molecular formula is C23H24F3N5O3S. The van der Waals surface area contributed by atoms with E-state index in [1.54, 1.807) is 30.9 Å². The van der Waals surface area contributed by atoms with Crippen molar-refractivity contribution in [3.05, 3.63) is 48.2 Å². The van der Waals surface area contributed by atoms with Gasteiger partial charge in [0, 0.05) is 30.7 Å². The molecule has 8 nitrogen and oxygen atoms in total. The van der Waals surface area contributed by atoms with Crippen LogP contribution >= 0.6 is 11.8 Å². The lowest BCUT2D eigenvalue weighted by Crippen LogP contribution is -2.43. The van der Waals surface area contributed by atoms with E-state index in [-0.39, 0.29) is 34.9 Å². The number of nitrogens with zero attached hydrogens (tertiary/aromatic N) is 4. The third-order valence-corrected chi connectivity index (χ3v) is 6.68. The SMILES string of the molecule is CC1(C)C(=O)N(c2ccc(SC(F)(F)F)cc2)C(=O)N1Cc1ccnc(NC(=O)N2CCCC2)c1. The molecule has 0 radical (unpaired) electrons. The standard InChI is InChI=1S/C23H24F3N5O3S/c1-22(2)19(32)31(16-5-7-17(8-6-16)35-23(24,25)26)21(34)30(22)14-15-9-10-27-18(13-15)28-20(33)29-11-3-4-12-29/h5-10,13H,3-4,11-12,14H2,1-2H3,(H,27,28,33). The lowest BCUT2D eigenvalue weighted by Gasteiger charge is -2.27. The fourth-order valence-corrected chi connectivity index (χ4v) is 4.60. The van der Waals surface area contributed by atoms with E-state index in [4.69, 9.17) is 0 Å². The predicted molar refractivity (Wildman–Crippen MR) is 125 cm³/mol. The molecule has 2 saturated heterocycles. The summed E-state index contributed by atoms with van der Waals surface area (Å²) in [5.41, 5.74) is -4.78. The van der Waals surface area contributed by atoms with Gasteiger partial charge in [0.2, 0.25) is 0 Å². The third kappa shape index (κ3) is 5.37. The van der Waals surface area contributed by atoms with Crippen LogP contribution in [0.2, 0.25) is 0 Å². The number of hydrogen-bond donors (Lipinski definition) is 1. The van der Waals surface area contributed by atoms with Crippen LogP contribution in [0.4, 0.5) is 34.3 Å². The minimum atomic E-state index is -4.43. The molecule has 0 unspecified atom stereocenters. The van der Waals surface area contributed by atoms with E-state index >= 15 is 0 Å². The summed E-state index contributed by atoms with van der Waals surface area (Å²) in [5.74, 6) is -0.153. The van der Waals surface area contributed by atoms with Crippen molar-refractivity contribution in [2.24, 2.45) is 0 Å². The number of carbonyl (C=O) groups is 3. The summed E-state index contributed by atoms with van der Waals surface area (Å²) >= 11 is -0.269. The summed E-state index contributed by atoms with van der Waals surface area (Å²) in [4.78, 5) is 46.9. The molecule has 5 amide bonds. The normalized spacial score (nSPS) is 17.9. The molecule has 2 aliphatic rings. The third-order valence-electron chi connectivity index (χ3n) is 5.95. The molecule has 186 valence electrons. The van der Waals surface area contributed by atoms with Gasteiger partial charge in [-0.3, -0.25) is 10.1 Å². The number of alkyl halides is 3. The number of halogens is 3. The zero-order chi connectivity index (χ0) is 25.4. The second-order valence-electron chi connectivity index (χ2n) is 8.78. The van der Waals surface area contributed by atoms with Crippen molar-refractivity contribution in [2.75, 3.05) is 23.3 Å². The highest BCUT2D eigenvalue weighted by molar-refractivity contribution is 8.00. The number of rotatable bonds is 5. The Hall–Kier alpha value is -3.28. The molecule has 0 atom stereocenters. The summed E-state index contributed by atoms with van der Waals surface area (Å²) < 4.78 is 37.8. The van der Waals surface area contributed by atoms with Gasteiger partial charge in [0.05, 0.1) is 5.69 Å². The minimum absolute atomic E-state index is 0.0447. The van der Waals surface area contributed by atoms with Crippen molar-refractivity contribution >= 4 is 41.2 Å². The Bertz CT molecular complexity index is 1130. The Morgan fingerprint density at radius 3 is 2.40 bits per heavy atom. The largest absolute Gasteiger partial charge is 0.446 e. The summed E-state index contributed by atoms with van der Waals surface area (Å²) in [5, 5.41) is 2.76. The van der Waals surface area contributed by atoms with Gasteiger partial charge in [-0.25, -0.2) is 19.5 Å². The van der Waals surface area contributed by atoms with Gasteiger partial charge < -0.3 is 9.80 Å². The topological polar surface area (TPSA) is 85.9 Å². The maximum Gasteiger partial charge on any atom is 0.446 e. The molecule has 0 aliphatic carbocycles. The molecule has 0 bridgehead atoms. The van der Waals surface area contributed by atoms with Crippen LogP contribution in [0.3, 0.4) is 0 Å². The van der Waals surface area contributed by atoms with Crippen molar-refractivity contribution in [3.63, 3.8) is 0 Å². The second-order valence-corrected chi connectivity index (χ2v) is 9.92. The van der Waals surface area contributed by atoms with Gasteiger partial charge in [0.25, 0.3) is 5.91 Å². The molecule has 0 spiro atoms. The summed E-state index contributed by atoms with van der Waals surface area (Å²) in [6, 6.07) is 7.60. The molecule has 2 aromatic rings. The summed E-state index contributed by atoms with van der Waals surface area (Å²) in [7, 11) is 0. The second kappa shape index (κ2) is 9.40. The van der Waals surface area contributed by atoms with Crippen LogP contribution in [-0.2, 0) is 11.3 Å². The molecule has 12 heteroatoms. The molecule has 3 heterocycles. The van der Waals surface area contributed by atoms with Gasteiger partial charge in [-0.2, -0.15) is 13.2 Å².